The van der Waals surface area contributed by atoms with Crippen molar-refractivity contribution >= 4 is 0 Å². The lowest BCUT2D eigenvalue weighted by atomic mass is 10.6. The normalized spacial score (nSPS) is 10.4. The standard InChI is InChI=1S/C11H23NO4/c1-11(2)16-10-9-15-8-7-14-6-5-13-4-3-12/h1,3-10,12H2,2H3. The number of hydrogen-bond donors (Lipinski definition) is 1. The van der Waals surface area contributed by atoms with E-state index in [0.29, 0.717) is 58.6 Å². The molecule has 0 aliphatic rings. The number of nitrogens with two attached hydrogens (primary N) is 1. The van der Waals surface area contributed by atoms with Crippen LogP contribution in [0.2, 0.25) is 0 Å². The van der Waals surface area contributed by atoms with E-state index in [4.69, 9.17) is 24.7 Å². The first-order valence-corrected chi connectivity index (χ1v) is 5.49. The van der Waals surface area contributed by atoms with Crippen LogP contribution in [0.1, 0.15) is 6.92 Å². The van der Waals surface area contributed by atoms with Crippen molar-refractivity contribution in [2.75, 3.05) is 52.8 Å². The van der Waals surface area contributed by atoms with Crippen LogP contribution in [0.5, 0.6) is 0 Å². The van der Waals surface area contributed by atoms with Gasteiger partial charge in [-0.15, -0.1) is 0 Å². The van der Waals surface area contributed by atoms with Crippen LogP contribution in [0, 0.1) is 0 Å². The topological polar surface area (TPSA) is 62.9 Å². The Labute approximate surface area is 97.5 Å². The maximum absolute atomic E-state index is 5.26. The smallest absolute Gasteiger partial charge is 0.111 e. The van der Waals surface area contributed by atoms with Crippen LogP contribution >= 0.6 is 0 Å². The molecule has 16 heavy (non-hydrogen) atoms. The van der Waals surface area contributed by atoms with Gasteiger partial charge in [-0.3, -0.25) is 0 Å². The van der Waals surface area contributed by atoms with Gasteiger partial charge in [-0.05, 0) is 6.92 Å². The van der Waals surface area contributed by atoms with Gasteiger partial charge in [0.1, 0.15) is 6.61 Å². The van der Waals surface area contributed by atoms with E-state index in [1.54, 1.807) is 0 Å². The van der Waals surface area contributed by atoms with Gasteiger partial charge in [0.05, 0.1) is 45.4 Å². The monoisotopic (exact) mass is 233 g/mol. The predicted octanol–water partition coefficient (Wildman–Crippen LogP) is 0.545. The molecule has 0 aliphatic carbocycles. The van der Waals surface area contributed by atoms with Gasteiger partial charge in [-0.25, -0.2) is 0 Å². The van der Waals surface area contributed by atoms with Crippen LogP contribution in [0.3, 0.4) is 0 Å². The molecule has 0 bridgehead atoms. The fourth-order valence-electron chi connectivity index (χ4n) is 0.900. The first-order valence-electron chi connectivity index (χ1n) is 5.49. The average Bonchev–Trinajstić information content (AvgIpc) is 2.25. The van der Waals surface area contributed by atoms with E-state index >= 15 is 0 Å². The highest BCUT2D eigenvalue weighted by atomic mass is 16.6. The molecule has 0 aromatic rings. The molecule has 0 fully saturated rings. The van der Waals surface area contributed by atoms with Crippen molar-refractivity contribution in [3.63, 3.8) is 0 Å². The fourth-order valence-corrected chi connectivity index (χ4v) is 0.900. The summed E-state index contributed by atoms with van der Waals surface area (Å²) in [7, 11) is 0. The van der Waals surface area contributed by atoms with Crippen molar-refractivity contribution < 1.29 is 18.9 Å². The van der Waals surface area contributed by atoms with E-state index in [2.05, 4.69) is 6.58 Å². The van der Waals surface area contributed by atoms with Crippen molar-refractivity contribution in [3.05, 3.63) is 12.3 Å². The van der Waals surface area contributed by atoms with Crippen LogP contribution in [0.25, 0.3) is 0 Å². The van der Waals surface area contributed by atoms with Crippen LogP contribution in [0.4, 0.5) is 0 Å². The first kappa shape index (κ1) is 15.4. The largest absolute Gasteiger partial charge is 0.496 e. The molecule has 0 spiro atoms. The quantitative estimate of drug-likeness (QED) is 0.394. The first-order chi connectivity index (χ1) is 7.77. The molecule has 0 aromatic carbocycles. The Morgan fingerprint density at radius 1 is 0.875 bits per heavy atom. The Morgan fingerprint density at radius 3 is 1.75 bits per heavy atom. The second kappa shape index (κ2) is 12.4. The number of ether oxygens (including phenoxy) is 4. The minimum absolute atomic E-state index is 0.537. The van der Waals surface area contributed by atoms with Crippen LogP contribution in [-0.4, -0.2) is 52.8 Å². The summed E-state index contributed by atoms with van der Waals surface area (Å²) in [6, 6.07) is 0. The highest BCUT2D eigenvalue weighted by Gasteiger charge is 1.91. The average molecular weight is 233 g/mol. The van der Waals surface area contributed by atoms with Crippen molar-refractivity contribution in [3.8, 4) is 0 Å². The lowest BCUT2D eigenvalue weighted by Gasteiger charge is -2.07. The summed E-state index contributed by atoms with van der Waals surface area (Å²) in [5.74, 6) is 0.705. The summed E-state index contributed by atoms with van der Waals surface area (Å²) < 4.78 is 20.8. The van der Waals surface area contributed by atoms with Gasteiger partial charge in [0, 0.05) is 6.54 Å². The van der Waals surface area contributed by atoms with E-state index < -0.39 is 0 Å². The molecule has 0 aliphatic heterocycles. The molecule has 5 heteroatoms. The van der Waals surface area contributed by atoms with Gasteiger partial charge in [0.15, 0.2) is 0 Å². The van der Waals surface area contributed by atoms with Crippen molar-refractivity contribution in [1.82, 2.24) is 0 Å². The SMILES string of the molecule is C=C(C)OCCOCCOCCOCCN. The van der Waals surface area contributed by atoms with Crippen LogP contribution < -0.4 is 5.73 Å². The zero-order valence-electron chi connectivity index (χ0n) is 10.1. The summed E-state index contributed by atoms with van der Waals surface area (Å²) >= 11 is 0. The molecule has 0 amide bonds. The number of rotatable bonds is 12. The molecule has 0 unspecified atom stereocenters. The second-order valence-electron chi connectivity index (χ2n) is 3.18. The Kier molecular flexibility index (Phi) is 12.0. The zero-order chi connectivity index (χ0) is 12.1. The number of hydrogen-bond acceptors (Lipinski definition) is 5. The van der Waals surface area contributed by atoms with Crippen LogP contribution in [-0.2, 0) is 18.9 Å². The Bertz CT molecular complexity index is 164. The molecular weight excluding hydrogens is 210 g/mol. The Morgan fingerprint density at radius 2 is 1.31 bits per heavy atom. The van der Waals surface area contributed by atoms with E-state index in [1.165, 1.54) is 0 Å². The van der Waals surface area contributed by atoms with Crippen molar-refractivity contribution in [1.29, 1.82) is 0 Å². The van der Waals surface area contributed by atoms with Gasteiger partial charge >= 0.3 is 0 Å². The fraction of sp³-hybridized carbons (Fsp3) is 0.818. The summed E-state index contributed by atoms with van der Waals surface area (Å²) in [5.41, 5.74) is 5.25. The van der Waals surface area contributed by atoms with E-state index in [1.807, 2.05) is 6.92 Å². The van der Waals surface area contributed by atoms with Gasteiger partial charge < -0.3 is 24.7 Å². The second-order valence-corrected chi connectivity index (χ2v) is 3.18. The maximum Gasteiger partial charge on any atom is 0.111 e. The molecule has 2 N–H and O–H groups in total. The molecule has 0 atom stereocenters. The third-order valence-corrected chi connectivity index (χ3v) is 1.58. The molecule has 0 saturated heterocycles. The van der Waals surface area contributed by atoms with Crippen molar-refractivity contribution in [2.24, 2.45) is 5.73 Å². The highest BCUT2D eigenvalue weighted by Crippen LogP contribution is 1.89. The lowest BCUT2D eigenvalue weighted by molar-refractivity contribution is 0.00604. The molecule has 5 nitrogen and oxygen atoms in total. The van der Waals surface area contributed by atoms with Crippen molar-refractivity contribution in [2.45, 2.75) is 6.92 Å². The van der Waals surface area contributed by atoms with Gasteiger partial charge in [-0.2, -0.15) is 0 Å². The van der Waals surface area contributed by atoms with E-state index in [-0.39, 0.29) is 0 Å². The molecule has 0 rings (SSSR count). The predicted molar refractivity (Wildman–Crippen MR) is 62.3 cm³/mol. The Balaban J connectivity index is 2.90. The van der Waals surface area contributed by atoms with Crippen LogP contribution in [0.15, 0.2) is 12.3 Å². The number of allylic oxidation sites excluding steroid dienone is 1. The molecule has 0 radical (unpaired) electrons. The highest BCUT2D eigenvalue weighted by molar-refractivity contribution is 4.72. The van der Waals surface area contributed by atoms with E-state index in [9.17, 15) is 0 Å². The maximum atomic E-state index is 5.26. The van der Waals surface area contributed by atoms with E-state index in [0.717, 1.165) is 0 Å². The molecule has 0 saturated carbocycles. The molecule has 0 aromatic heterocycles. The zero-order valence-corrected chi connectivity index (χ0v) is 10.1. The molecule has 96 valence electrons. The van der Waals surface area contributed by atoms with Gasteiger partial charge in [0.25, 0.3) is 0 Å². The summed E-state index contributed by atoms with van der Waals surface area (Å²) in [6.45, 7) is 9.93. The Hall–Kier alpha value is -0.620. The van der Waals surface area contributed by atoms with Gasteiger partial charge in [-0.1, -0.05) is 6.58 Å². The third-order valence-electron chi connectivity index (χ3n) is 1.58. The minimum Gasteiger partial charge on any atom is -0.496 e. The van der Waals surface area contributed by atoms with Gasteiger partial charge in [0.2, 0.25) is 0 Å². The summed E-state index contributed by atoms with van der Waals surface area (Å²) in [4.78, 5) is 0. The minimum atomic E-state index is 0.537. The summed E-state index contributed by atoms with van der Waals surface area (Å²) in [6.07, 6.45) is 0. The molecular formula is C11H23NO4. The third kappa shape index (κ3) is 13.4. The molecule has 0 heterocycles. The summed E-state index contributed by atoms with van der Waals surface area (Å²) in [5, 5.41) is 0. The lowest BCUT2D eigenvalue weighted by Crippen LogP contribution is -2.14.